The second-order valence-corrected chi connectivity index (χ2v) is 27.1. The lowest BCUT2D eigenvalue weighted by atomic mass is 9.83. The third kappa shape index (κ3) is 26.4. The number of ketones is 2. The third-order valence-electron chi connectivity index (χ3n) is 15.9. The van der Waals surface area contributed by atoms with Crippen molar-refractivity contribution < 1.29 is 85.0 Å². The first kappa shape index (κ1) is 77.2. The number of Topliss-reactive ketones (excluding diaryl/α,β-unsaturated/α-hetero) is 2. The second kappa shape index (κ2) is 36.1. The number of halogens is 1. The molecule has 6 N–H and O–H groups in total. The maximum absolute atomic E-state index is 14.2. The number of esters is 3. The Morgan fingerprint density at radius 3 is 2.16 bits per heavy atom. The Labute approximate surface area is 534 Å². The number of carbonyl (C=O) groups excluding carboxylic acids is 10. The van der Waals surface area contributed by atoms with Gasteiger partial charge < -0.3 is 50.2 Å². The molecular weight excluding hydrogens is 1210 g/mol. The van der Waals surface area contributed by atoms with Crippen molar-refractivity contribution in [3.63, 3.8) is 0 Å². The van der Waals surface area contributed by atoms with Crippen molar-refractivity contribution >= 4 is 80.7 Å². The van der Waals surface area contributed by atoms with Gasteiger partial charge in [-0.15, -0.1) is 0 Å². The molecule has 3 rings (SSSR count). The van der Waals surface area contributed by atoms with E-state index < -0.39 is 128 Å². The molecule has 2 aromatic carbocycles. The van der Waals surface area contributed by atoms with Crippen LogP contribution in [0.5, 0.6) is 5.75 Å². The van der Waals surface area contributed by atoms with Crippen molar-refractivity contribution in [3.05, 3.63) is 89.0 Å². The van der Waals surface area contributed by atoms with Crippen LogP contribution in [0.4, 0.5) is 0 Å². The van der Waals surface area contributed by atoms with E-state index in [4.69, 9.17) is 35.1 Å². The number of hydrogen-bond donors (Lipinski definition) is 6. The van der Waals surface area contributed by atoms with Crippen LogP contribution in [0.2, 0.25) is 5.02 Å². The average molecular weight is 1300 g/mol. The predicted molar refractivity (Wildman–Crippen MR) is 337 cm³/mol. The molecule has 0 saturated heterocycles. The number of cyclic esters (lactones) is 2. The summed E-state index contributed by atoms with van der Waals surface area (Å²) in [4.78, 5) is 135. The van der Waals surface area contributed by atoms with Crippen LogP contribution in [0, 0.1) is 28.6 Å². The van der Waals surface area contributed by atoms with Gasteiger partial charge >= 0.3 is 17.9 Å². The fourth-order valence-corrected chi connectivity index (χ4v) is 10.3. The van der Waals surface area contributed by atoms with Gasteiger partial charge in [0, 0.05) is 94.8 Å². The highest BCUT2D eigenvalue weighted by Crippen LogP contribution is 2.33. The molecule has 500 valence electrons. The summed E-state index contributed by atoms with van der Waals surface area (Å²) in [7, 11) is -2.85. The number of amides is 5. The Morgan fingerprint density at radius 2 is 1.56 bits per heavy atom. The molecule has 23 nitrogen and oxygen atoms in total. The molecule has 90 heavy (non-hydrogen) atoms. The Balaban J connectivity index is 1.73. The lowest BCUT2D eigenvalue weighted by Crippen LogP contribution is -2.55. The molecule has 0 bridgehead atoms. The molecule has 1 aliphatic rings. The van der Waals surface area contributed by atoms with Crippen LogP contribution >= 0.6 is 11.6 Å². The molecule has 25 heteroatoms. The topological polar surface area (TPSA) is 334 Å². The third-order valence-corrected chi connectivity index (χ3v) is 16.9. The van der Waals surface area contributed by atoms with E-state index in [0.29, 0.717) is 28.3 Å². The minimum absolute atomic E-state index is 0.0238. The maximum Gasteiger partial charge on any atom is 0.347 e. The summed E-state index contributed by atoms with van der Waals surface area (Å²) in [5, 5.41) is 23.0. The molecule has 0 saturated carbocycles. The number of aliphatic hydroxyl groups is 1. The van der Waals surface area contributed by atoms with Gasteiger partial charge in [-0.2, -0.15) is 8.42 Å². The summed E-state index contributed by atoms with van der Waals surface area (Å²) in [6.45, 7) is 21.7. The van der Waals surface area contributed by atoms with Crippen molar-refractivity contribution in [2.24, 2.45) is 28.6 Å². The molecule has 0 unspecified atom stereocenters. The smallest absolute Gasteiger partial charge is 0.347 e. The van der Waals surface area contributed by atoms with Crippen LogP contribution < -0.4 is 26.0 Å². The maximum atomic E-state index is 14.2. The predicted octanol–water partition coefficient (Wildman–Crippen LogP) is 6.29. The Hall–Kier alpha value is -7.02. The van der Waals surface area contributed by atoms with E-state index in [2.05, 4.69) is 27.8 Å². The van der Waals surface area contributed by atoms with Crippen molar-refractivity contribution in [2.75, 3.05) is 39.1 Å². The van der Waals surface area contributed by atoms with Gasteiger partial charge in [0.05, 0.1) is 41.9 Å². The molecular formula is C65H94ClN5O18S. The van der Waals surface area contributed by atoms with E-state index in [0.717, 1.165) is 5.56 Å². The SMILES string of the molecule is C=CCOC(=O)CCN(CCC(=O)C[C@H](C(=O)N[C@@H](C)C(=O)CCc1ccc([C@@H](C)[C@H](O)[C@@H](C)[C@@H]2C/C=C/C(=O)N[C@H](Cc3ccc(OC)c(Cl)c3)C(=O)N[C@@H](C)C(C)(C)C(=O)O[C@@H](CC(C)(C)C)C(=O)O2)cc1)C(C)C)C(=O)CCC(=O)NCCS(=O)(=O)O. The van der Waals surface area contributed by atoms with E-state index in [9.17, 15) is 61.5 Å². The minimum atomic E-state index is -4.32. The molecule has 2 aromatic rings. The number of nitrogens with one attached hydrogen (secondary N) is 4. The van der Waals surface area contributed by atoms with Crippen LogP contribution in [0.1, 0.15) is 150 Å². The van der Waals surface area contributed by atoms with Crippen molar-refractivity contribution in [2.45, 2.75) is 183 Å². The summed E-state index contributed by atoms with van der Waals surface area (Å²) in [5.41, 5.74) is 0.202. The zero-order valence-corrected chi connectivity index (χ0v) is 55.6. The summed E-state index contributed by atoms with van der Waals surface area (Å²) in [6.07, 6.45) is -0.412. The van der Waals surface area contributed by atoms with Gasteiger partial charge in [-0.1, -0.05) is 109 Å². The highest BCUT2D eigenvalue weighted by Gasteiger charge is 2.43. The lowest BCUT2D eigenvalue weighted by molar-refractivity contribution is -0.182. The summed E-state index contributed by atoms with van der Waals surface area (Å²) < 4.78 is 53.3. The molecule has 0 aliphatic carbocycles. The zero-order valence-electron chi connectivity index (χ0n) is 54.0. The van der Waals surface area contributed by atoms with E-state index in [-0.39, 0.29) is 102 Å². The van der Waals surface area contributed by atoms with Crippen molar-refractivity contribution in [1.29, 1.82) is 0 Å². The number of methoxy groups -OCH3 is 1. The molecule has 5 amide bonds. The molecule has 0 fully saturated rings. The second-order valence-electron chi connectivity index (χ2n) is 25.1. The summed E-state index contributed by atoms with van der Waals surface area (Å²) >= 11 is 6.41. The lowest BCUT2D eigenvalue weighted by Gasteiger charge is -2.35. The quantitative estimate of drug-likeness (QED) is 0.0209. The van der Waals surface area contributed by atoms with Gasteiger partial charge in [0.1, 0.15) is 30.3 Å². The molecule has 1 aliphatic heterocycles. The van der Waals surface area contributed by atoms with Crippen LogP contribution in [-0.4, -0.2) is 158 Å². The van der Waals surface area contributed by atoms with E-state index in [1.54, 1.807) is 73.6 Å². The van der Waals surface area contributed by atoms with Crippen LogP contribution in [0.25, 0.3) is 0 Å². The number of rotatable bonds is 31. The first-order valence-electron chi connectivity index (χ1n) is 30.4. The largest absolute Gasteiger partial charge is 0.495 e. The standard InChI is InChI=1S/C65H94ClN5O18S/c1-14-33-87-58(77)29-32-71(57(76)27-26-55(74)67-30-34-90(83,84)85)31-28-47(72)37-48(39(2)3)60(79)68-42(6)51(73)24-20-44-18-22-46(23-19-44)40(4)59(78)41(5)52-16-15-17-56(75)70-50(36-45-21-25-53(86-13)49(66)35-45)61(80)69-43(7)65(11,12)63(82)89-54(62(81)88-52)38-64(8,9)10/h14-15,17-19,21-23,25,35,39-43,48,50,52,54,59,78H,1,16,20,24,26-34,36-38H2,2-13H3,(H,67,74)(H,68,79)(H,69,80)(H,70,75)(H,83,84,85)/b17-15+/t40-,41+,42+,43+,48+,50-,52+,54+,59+/m1/s1. The normalized spacial score (nSPS) is 19.6. The number of benzene rings is 2. The van der Waals surface area contributed by atoms with Crippen LogP contribution in [0.3, 0.4) is 0 Å². The fourth-order valence-electron chi connectivity index (χ4n) is 9.67. The number of nitrogens with zero attached hydrogens (tertiary/aromatic N) is 1. The van der Waals surface area contributed by atoms with E-state index in [1.165, 1.54) is 30.2 Å². The van der Waals surface area contributed by atoms with Gasteiger partial charge in [-0.05, 0) is 80.3 Å². The number of aliphatic hydroxyl groups excluding tert-OH is 1. The Kier molecular flexibility index (Phi) is 31.0. The summed E-state index contributed by atoms with van der Waals surface area (Å²) in [6, 6.07) is 9.34. The van der Waals surface area contributed by atoms with E-state index in [1.807, 2.05) is 45.0 Å². The van der Waals surface area contributed by atoms with Gasteiger partial charge in [0.2, 0.25) is 29.5 Å². The van der Waals surface area contributed by atoms with Gasteiger partial charge in [-0.3, -0.25) is 47.7 Å². The minimum Gasteiger partial charge on any atom is -0.495 e. The highest BCUT2D eigenvalue weighted by molar-refractivity contribution is 7.85. The van der Waals surface area contributed by atoms with Gasteiger partial charge in [-0.25, -0.2) is 4.79 Å². The number of hydrogen-bond acceptors (Lipinski definition) is 17. The van der Waals surface area contributed by atoms with E-state index >= 15 is 0 Å². The molecule has 1 heterocycles. The highest BCUT2D eigenvalue weighted by atomic mass is 35.5. The zero-order chi connectivity index (χ0) is 67.8. The van der Waals surface area contributed by atoms with Crippen LogP contribution in [0.15, 0.2) is 67.3 Å². The first-order valence-corrected chi connectivity index (χ1v) is 32.3. The molecule has 9 atom stereocenters. The first-order chi connectivity index (χ1) is 42.0. The van der Waals surface area contributed by atoms with Crippen molar-refractivity contribution in [3.8, 4) is 5.75 Å². The van der Waals surface area contributed by atoms with Gasteiger partial charge in [0.15, 0.2) is 11.9 Å². The average Bonchev–Trinajstić information content (AvgIpc) is 2.08. The summed E-state index contributed by atoms with van der Waals surface area (Å²) in [5.74, 6) is -8.66. The number of carbonyl (C=O) groups is 10. The monoisotopic (exact) mass is 1300 g/mol. The molecule has 0 radical (unpaired) electrons. The Bertz CT molecular complexity index is 2980. The Morgan fingerprint density at radius 1 is 0.911 bits per heavy atom. The van der Waals surface area contributed by atoms with Crippen LogP contribution in [-0.2, 0) is 85.1 Å². The molecule has 0 aromatic heterocycles. The van der Waals surface area contributed by atoms with Crippen molar-refractivity contribution in [1.82, 2.24) is 26.2 Å². The number of ether oxygens (including phenoxy) is 4. The van der Waals surface area contributed by atoms with Gasteiger partial charge in [0.25, 0.3) is 10.1 Å². The fraction of sp³-hybridized carbons (Fsp3) is 0.600. The molecule has 0 spiro atoms. The number of aryl methyl sites for hydroxylation is 1.